The maximum absolute atomic E-state index is 12.8. The van der Waals surface area contributed by atoms with Crippen LogP contribution in [0.5, 0.6) is 0 Å². The van der Waals surface area contributed by atoms with Crippen LogP contribution in [0.4, 0.5) is 0 Å². The second kappa shape index (κ2) is 53.4. The number of allylic oxidation sites excluding steroid dienone is 20. The number of ether oxygens (including phenoxy) is 3. The van der Waals surface area contributed by atoms with E-state index in [1.165, 1.54) is 77.0 Å². The number of carbonyl (C=O) groups excluding carboxylic acids is 3. The van der Waals surface area contributed by atoms with Gasteiger partial charge in [0.2, 0.25) is 0 Å². The van der Waals surface area contributed by atoms with E-state index in [4.69, 9.17) is 14.2 Å². The van der Waals surface area contributed by atoms with E-state index < -0.39 is 6.10 Å². The summed E-state index contributed by atoms with van der Waals surface area (Å²) in [4.78, 5) is 38.0. The lowest BCUT2D eigenvalue weighted by molar-refractivity contribution is -0.167. The number of hydrogen-bond acceptors (Lipinski definition) is 6. The van der Waals surface area contributed by atoms with E-state index >= 15 is 0 Å². The highest BCUT2D eigenvalue weighted by Gasteiger charge is 2.19. The van der Waals surface area contributed by atoms with Gasteiger partial charge in [-0.05, 0) is 103 Å². The Bertz CT molecular complexity index is 1420. The van der Waals surface area contributed by atoms with Crippen molar-refractivity contribution < 1.29 is 28.6 Å². The Morgan fingerprint density at radius 1 is 0.333 bits per heavy atom. The van der Waals surface area contributed by atoms with Gasteiger partial charge in [0.15, 0.2) is 6.10 Å². The minimum atomic E-state index is -0.833. The number of unbranched alkanes of at least 4 members (excludes halogenated alkanes) is 19. The molecule has 0 fully saturated rings. The van der Waals surface area contributed by atoms with Gasteiger partial charge in [0.05, 0.1) is 0 Å². The van der Waals surface area contributed by atoms with Gasteiger partial charge in [-0.15, -0.1) is 0 Å². The maximum Gasteiger partial charge on any atom is 0.306 e. The van der Waals surface area contributed by atoms with Crippen LogP contribution >= 0.6 is 0 Å². The highest BCUT2D eigenvalue weighted by molar-refractivity contribution is 5.71. The first-order valence-electron chi connectivity index (χ1n) is 26.6. The highest BCUT2D eigenvalue weighted by Crippen LogP contribution is 2.12. The zero-order chi connectivity index (χ0) is 47.9. The third-order valence-electron chi connectivity index (χ3n) is 10.8. The Labute approximate surface area is 405 Å². The summed E-state index contributed by atoms with van der Waals surface area (Å²) in [6.45, 7) is 6.35. The summed E-state index contributed by atoms with van der Waals surface area (Å²) in [5.41, 5.74) is 0. The van der Waals surface area contributed by atoms with Crippen LogP contribution in [-0.2, 0) is 28.6 Å². The van der Waals surface area contributed by atoms with Crippen LogP contribution in [0.15, 0.2) is 122 Å². The standard InChI is InChI=1S/C60H96O6/c1-4-7-10-13-16-19-22-25-27-29-31-32-35-38-41-44-47-50-53-59(62)65-56-57(55-64-58(61)52-49-46-43-40-37-34-24-21-18-15-12-9-6-3)66-60(63)54-51-48-45-42-39-36-33-30-28-26-23-20-17-14-11-8-5-2/h9,12,15,17-18,20-21,24,26-29,31-34,36-37,42,45,57H,4-8,10-11,13-14,16,19,22-23,25,30,35,38-41,43-44,46-56H2,1-3H3/b12-9+,18-15+,20-17+,24-21+,28-26+,29-27+,32-31+,36-33+,37-34+,45-42+. The van der Waals surface area contributed by atoms with Gasteiger partial charge < -0.3 is 14.2 Å². The van der Waals surface area contributed by atoms with E-state index in [9.17, 15) is 14.4 Å². The van der Waals surface area contributed by atoms with E-state index in [1.807, 2.05) is 36.5 Å². The molecule has 0 bridgehead atoms. The van der Waals surface area contributed by atoms with Crippen molar-refractivity contribution in [1.82, 2.24) is 0 Å². The van der Waals surface area contributed by atoms with Crippen molar-refractivity contribution in [2.45, 2.75) is 226 Å². The first kappa shape index (κ1) is 61.8. The van der Waals surface area contributed by atoms with E-state index in [0.29, 0.717) is 19.3 Å². The van der Waals surface area contributed by atoms with Crippen LogP contribution in [0.2, 0.25) is 0 Å². The largest absolute Gasteiger partial charge is 0.462 e. The Morgan fingerprint density at radius 3 is 1.17 bits per heavy atom. The monoisotopic (exact) mass is 913 g/mol. The van der Waals surface area contributed by atoms with Gasteiger partial charge in [-0.3, -0.25) is 14.4 Å². The molecule has 1 unspecified atom stereocenters. The van der Waals surface area contributed by atoms with E-state index in [-0.39, 0.29) is 37.5 Å². The second-order valence-corrected chi connectivity index (χ2v) is 17.2. The average molecular weight is 913 g/mol. The molecular formula is C60H96O6. The fourth-order valence-electron chi connectivity index (χ4n) is 6.79. The van der Waals surface area contributed by atoms with Gasteiger partial charge in [-0.2, -0.15) is 0 Å². The SMILES string of the molecule is CC/C=C/C=C/C=C/C=C/CCCCCC(=O)OCC(COC(=O)CCCCCCC/C=C/C=C/CCCCCCCCC)OC(=O)CCC/C=C/C/C=C/C/C=C/C/C=C/CCCCC. The summed E-state index contributed by atoms with van der Waals surface area (Å²) in [6.07, 6.45) is 73.3. The lowest BCUT2D eigenvalue weighted by atomic mass is 10.1. The molecule has 0 aliphatic heterocycles. The summed E-state index contributed by atoms with van der Waals surface area (Å²) >= 11 is 0. The van der Waals surface area contributed by atoms with Crippen molar-refractivity contribution in [2.75, 3.05) is 13.2 Å². The summed E-state index contributed by atoms with van der Waals surface area (Å²) in [7, 11) is 0. The average Bonchev–Trinajstić information content (AvgIpc) is 3.31. The fourth-order valence-corrected chi connectivity index (χ4v) is 6.79. The van der Waals surface area contributed by atoms with Gasteiger partial charge in [0, 0.05) is 19.3 Å². The van der Waals surface area contributed by atoms with Crippen molar-refractivity contribution in [2.24, 2.45) is 0 Å². The summed E-state index contributed by atoms with van der Waals surface area (Å²) in [5, 5.41) is 0. The minimum absolute atomic E-state index is 0.124. The molecule has 6 heteroatoms. The number of hydrogen-bond donors (Lipinski definition) is 0. The van der Waals surface area contributed by atoms with Crippen LogP contribution in [0.25, 0.3) is 0 Å². The van der Waals surface area contributed by atoms with Crippen molar-refractivity contribution in [1.29, 1.82) is 0 Å². The normalized spacial score (nSPS) is 13.1. The molecule has 0 heterocycles. The first-order chi connectivity index (χ1) is 32.5. The number of carbonyl (C=O) groups is 3. The summed E-state index contributed by atoms with van der Waals surface area (Å²) < 4.78 is 16.7. The molecule has 6 nitrogen and oxygen atoms in total. The zero-order valence-electron chi connectivity index (χ0n) is 42.4. The molecule has 0 aliphatic carbocycles. The highest BCUT2D eigenvalue weighted by atomic mass is 16.6. The van der Waals surface area contributed by atoms with E-state index in [2.05, 4.69) is 106 Å². The van der Waals surface area contributed by atoms with Crippen LogP contribution in [0.1, 0.15) is 220 Å². The molecule has 0 aliphatic rings. The Morgan fingerprint density at radius 2 is 0.667 bits per heavy atom. The van der Waals surface area contributed by atoms with Crippen molar-refractivity contribution in [3.8, 4) is 0 Å². The number of rotatable bonds is 46. The van der Waals surface area contributed by atoms with Gasteiger partial charge in [0.1, 0.15) is 13.2 Å². The quantitative estimate of drug-likeness (QED) is 0.0199. The lowest BCUT2D eigenvalue weighted by Crippen LogP contribution is -2.30. The van der Waals surface area contributed by atoms with Gasteiger partial charge in [-0.25, -0.2) is 0 Å². The molecule has 0 rings (SSSR count). The third-order valence-corrected chi connectivity index (χ3v) is 10.8. The van der Waals surface area contributed by atoms with Crippen LogP contribution in [-0.4, -0.2) is 37.2 Å². The molecule has 372 valence electrons. The van der Waals surface area contributed by atoms with E-state index in [0.717, 1.165) is 96.3 Å². The van der Waals surface area contributed by atoms with Crippen molar-refractivity contribution in [3.05, 3.63) is 122 Å². The zero-order valence-corrected chi connectivity index (χ0v) is 42.4. The molecule has 0 radical (unpaired) electrons. The van der Waals surface area contributed by atoms with Gasteiger partial charge in [-0.1, -0.05) is 219 Å². The summed E-state index contributed by atoms with van der Waals surface area (Å²) in [6, 6.07) is 0. The molecule has 0 saturated carbocycles. The fraction of sp³-hybridized carbons (Fsp3) is 0.617. The second-order valence-electron chi connectivity index (χ2n) is 17.2. The molecule has 0 amide bonds. The molecular weight excluding hydrogens is 817 g/mol. The Kier molecular flexibility index (Phi) is 50.0. The first-order valence-corrected chi connectivity index (χ1v) is 26.6. The molecule has 0 saturated heterocycles. The molecule has 1 atom stereocenters. The topological polar surface area (TPSA) is 78.9 Å². The van der Waals surface area contributed by atoms with Crippen LogP contribution < -0.4 is 0 Å². The minimum Gasteiger partial charge on any atom is -0.462 e. The molecule has 0 aromatic rings. The molecule has 0 aromatic heterocycles. The van der Waals surface area contributed by atoms with Gasteiger partial charge >= 0.3 is 17.9 Å². The molecule has 0 spiro atoms. The Hall–Kier alpha value is -4.19. The molecule has 66 heavy (non-hydrogen) atoms. The van der Waals surface area contributed by atoms with Gasteiger partial charge in [0.25, 0.3) is 0 Å². The molecule has 0 N–H and O–H groups in total. The molecule has 0 aromatic carbocycles. The van der Waals surface area contributed by atoms with Crippen molar-refractivity contribution in [3.63, 3.8) is 0 Å². The summed E-state index contributed by atoms with van der Waals surface area (Å²) in [5.74, 6) is -1.04. The van der Waals surface area contributed by atoms with E-state index in [1.54, 1.807) is 0 Å². The lowest BCUT2D eigenvalue weighted by Gasteiger charge is -2.18. The number of esters is 3. The van der Waals surface area contributed by atoms with Crippen LogP contribution in [0, 0.1) is 0 Å². The Balaban J connectivity index is 4.56. The predicted molar refractivity (Wildman–Crippen MR) is 283 cm³/mol. The predicted octanol–water partition coefficient (Wildman–Crippen LogP) is 17.7. The van der Waals surface area contributed by atoms with Crippen molar-refractivity contribution >= 4 is 17.9 Å². The van der Waals surface area contributed by atoms with Crippen LogP contribution in [0.3, 0.4) is 0 Å². The third kappa shape index (κ3) is 50.8. The maximum atomic E-state index is 12.8. The smallest absolute Gasteiger partial charge is 0.306 e.